The molecule has 0 radical (unpaired) electrons. The van der Waals surface area contributed by atoms with Gasteiger partial charge in [-0.05, 0) is 18.4 Å². The van der Waals surface area contributed by atoms with E-state index in [2.05, 4.69) is 16.1 Å². The van der Waals surface area contributed by atoms with E-state index in [4.69, 9.17) is 9.47 Å². The van der Waals surface area contributed by atoms with Crippen molar-refractivity contribution in [1.82, 2.24) is 14.7 Å². The van der Waals surface area contributed by atoms with Crippen LogP contribution in [0, 0.1) is 0 Å². The lowest BCUT2D eigenvalue weighted by atomic mass is 10.0. The number of benzene rings is 1. The van der Waals surface area contributed by atoms with E-state index in [9.17, 15) is 5.11 Å². The van der Waals surface area contributed by atoms with Crippen molar-refractivity contribution >= 4 is 11.8 Å². The fourth-order valence-electron chi connectivity index (χ4n) is 3.44. The molecule has 6 nitrogen and oxygen atoms in total. The third kappa shape index (κ3) is 3.49. The summed E-state index contributed by atoms with van der Waals surface area (Å²) in [6.45, 7) is 2.49. The monoisotopic (exact) mass is 363 g/mol. The van der Waals surface area contributed by atoms with E-state index in [1.807, 2.05) is 24.1 Å². The molecule has 0 fully saturated rings. The van der Waals surface area contributed by atoms with Crippen LogP contribution in [-0.4, -0.2) is 46.8 Å². The Morgan fingerprint density at radius 1 is 1.24 bits per heavy atom. The maximum absolute atomic E-state index is 9.56. The molecule has 2 aromatic rings. The van der Waals surface area contributed by atoms with Crippen LogP contribution in [0.2, 0.25) is 0 Å². The van der Waals surface area contributed by atoms with E-state index in [-0.39, 0.29) is 6.61 Å². The summed E-state index contributed by atoms with van der Waals surface area (Å²) in [5.41, 5.74) is 4.27. The standard InChI is InChI=1S/C18H25N3O3S/c1-20-15-5-6-21(10-13(15)14(11-22)19-20)9-12-7-17(24-3)18(25-4)8-16(12)23-2/h7-8,22H,5-6,9-11H2,1-4H3. The number of aliphatic hydroxyl groups is 1. The molecule has 0 atom stereocenters. The van der Waals surface area contributed by atoms with E-state index in [0.29, 0.717) is 0 Å². The van der Waals surface area contributed by atoms with Gasteiger partial charge in [0.05, 0.1) is 31.4 Å². The van der Waals surface area contributed by atoms with Gasteiger partial charge in [-0.2, -0.15) is 5.10 Å². The predicted molar refractivity (Wildman–Crippen MR) is 98.3 cm³/mol. The second-order valence-corrected chi connectivity index (χ2v) is 6.98. The molecule has 0 saturated heterocycles. The van der Waals surface area contributed by atoms with Crippen molar-refractivity contribution in [3.63, 3.8) is 0 Å². The lowest BCUT2D eigenvalue weighted by Gasteiger charge is -2.28. The van der Waals surface area contributed by atoms with Gasteiger partial charge in [-0.25, -0.2) is 0 Å². The van der Waals surface area contributed by atoms with Crippen molar-refractivity contribution in [3.05, 3.63) is 34.6 Å². The number of aryl methyl sites for hydroxylation is 1. The topological polar surface area (TPSA) is 59.8 Å². The summed E-state index contributed by atoms with van der Waals surface area (Å²) in [6.07, 6.45) is 2.96. The van der Waals surface area contributed by atoms with Crippen molar-refractivity contribution in [3.8, 4) is 11.5 Å². The third-order valence-corrected chi connectivity index (χ3v) is 5.49. The largest absolute Gasteiger partial charge is 0.496 e. The van der Waals surface area contributed by atoms with Gasteiger partial charge >= 0.3 is 0 Å². The average Bonchev–Trinajstić information content (AvgIpc) is 2.96. The van der Waals surface area contributed by atoms with E-state index >= 15 is 0 Å². The molecule has 0 bridgehead atoms. The van der Waals surface area contributed by atoms with Crippen LogP contribution in [0.25, 0.3) is 0 Å². The summed E-state index contributed by atoms with van der Waals surface area (Å²) < 4.78 is 13.0. The predicted octanol–water partition coefficient (Wildman–Crippen LogP) is 2.21. The van der Waals surface area contributed by atoms with Crippen molar-refractivity contribution in [1.29, 1.82) is 0 Å². The van der Waals surface area contributed by atoms with E-state index in [1.165, 1.54) is 5.69 Å². The summed E-state index contributed by atoms with van der Waals surface area (Å²) in [5, 5.41) is 14.0. The minimum absolute atomic E-state index is 0.0173. The molecule has 0 amide bonds. The van der Waals surface area contributed by atoms with Gasteiger partial charge in [0.1, 0.15) is 11.5 Å². The van der Waals surface area contributed by atoms with Crippen LogP contribution in [0.5, 0.6) is 11.5 Å². The number of rotatable bonds is 6. The summed E-state index contributed by atoms with van der Waals surface area (Å²) in [6, 6.07) is 4.10. The first-order valence-electron chi connectivity index (χ1n) is 8.27. The molecular formula is C18H25N3O3S. The highest BCUT2D eigenvalue weighted by Crippen LogP contribution is 2.35. The van der Waals surface area contributed by atoms with Crippen LogP contribution in [0.15, 0.2) is 17.0 Å². The molecule has 25 heavy (non-hydrogen) atoms. The van der Waals surface area contributed by atoms with E-state index in [1.54, 1.807) is 26.0 Å². The van der Waals surface area contributed by atoms with Gasteiger partial charge in [0, 0.05) is 49.9 Å². The molecule has 1 aromatic heterocycles. The molecule has 1 aliphatic rings. The highest BCUT2D eigenvalue weighted by molar-refractivity contribution is 7.98. The minimum Gasteiger partial charge on any atom is -0.496 e. The fraction of sp³-hybridized carbons (Fsp3) is 0.500. The molecule has 0 saturated carbocycles. The highest BCUT2D eigenvalue weighted by atomic mass is 32.2. The summed E-state index contributed by atoms with van der Waals surface area (Å²) in [7, 11) is 5.35. The molecule has 1 aliphatic heterocycles. The molecule has 136 valence electrons. The van der Waals surface area contributed by atoms with Crippen LogP contribution in [-0.2, 0) is 33.2 Å². The SMILES string of the molecule is COc1cc(SC)c(OC)cc1CN1CCc2c(c(CO)nn2C)C1. The number of ether oxygens (including phenoxy) is 2. The lowest BCUT2D eigenvalue weighted by Crippen LogP contribution is -2.31. The maximum Gasteiger partial charge on any atom is 0.132 e. The normalized spacial score (nSPS) is 14.4. The van der Waals surface area contributed by atoms with E-state index in [0.717, 1.165) is 59.3 Å². The summed E-state index contributed by atoms with van der Waals surface area (Å²) in [4.78, 5) is 3.43. The number of hydrogen-bond acceptors (Lipinski definition) is 6. The second-order valence-electron chi connectivity index (χ2n) is 6.13. The quantitative estimate of drug-likeness (QED) is 0.794. The Kier molecular flexibility index (Phi) is 5.56. The summed E-state index contributed by atoms with van der Waals surface area (Å²) in [5.74, 6) is 1.75. The first kappa shape index (κ1) is 18.1. The Balaban J connectivity index is 1.85. The molecule has 1 N–H and O–H groups in total. The number of fused-ring (bicyclic) bond motifs is 1. The fourth-order valence-corrected chi connectivity index (χ4v) is 4.01. The number of thioether (sulfide) groups is 1. The van der Waals surface area contributed by atoms with Crippen molar-refractivity contribution < 1.29 is 14.6 Å². The Morgan fingerprint density at radius 3 is 2.64 bits per heavy atom. The van der Waals surface area contributed by atoms with Gasteiger partial charge in [-0.1, -0.05) is 0 Å². The number of aromatic nitrogens is 2. The minimum atomic E-state index is -0.0173. The van der Waals surface area contributed by atoms with Gasteiger partial charge in [0.2, 0.25) is 0 Å². The maximum atomic E-state index is 9.56. The van der Waals surface area contributed by atoms with Crippen LogP contribution >= 0.6 is 11.8 Å². The van der Waals surface area contributed by atoms with Gasteiger partial charge in [-0.15, -0.1) is 11.8 Å². The molecule has 0 spiro atoms. The Bertz CT molecular complexity index is 761. The van der Waals surface area contributed by atoms with Gasteiger partial charge < -0.3 is 14.6 Å². The van der Waals surface area contributed by atoms with Gasteiger partial charge in [0.25, 0.3) is 0 Å². The van der Waals surface area contributed by atoms with Crippen LogP contribution < -0.4 is 9.47 Å². The molecule has 1 aromatic carbocycles. The van der Waals surface area contributed by atoms with Crippen LogP contribution in [0.1, 0.15) is 22.5 Å². The molecule has 0 aliphatic carbocycles. The molecular weight excluding hydrogens is 338 g/mol. The Hall–Kier alpha value is -1.70. The average molecular weight is 363 g/mol. The third-order valence-electron chi connectivity index (χ3n) is 4.73. The zero-order valence-corrected chi connectivity index (χ0v) is 16.0. The zero-order chi connectivity index (χ0) is 18.0. The lowest BCUT2D eigenvalue weighted by molar-refractivity contribution is 0.233. The first-order valence-corrected chi connectivity index (χ1v) is 9.49. The number of hydrogen-bond donors (Lipinski definition) is 1. The van der Waals surface area contributed by atoms with Crippen molar-refractivity contribution in [2.24, 2.45) is 7.05 Å². The number of aliphatic hydroxyl groups excluding tert-OH is 1. The van der Waals surface area contributed by atoms with Crippen LogP contribution in [0.3, 0.4) is 0 Å². The molecule has 3 rings (SSSR count). The molecule has 0 unspecified atom stereocenters. The Morgan fingerprint density at radius 2 is 2.00 bits per heavy atom. The van der Waals surface area contributed by atoms with Gasteiger partial charge in [0.15, 0.2) is 0 Å². The van der Waals surface area contributed by atoms with E-state index < -0.39 is 0 Å². The molecule has 2 heterocycles. The number of nitrogens with zero attached hydrogens (tertiary/aromatic N) is 3. The van der Waals surface area contributed by atoms with Gasteiger partial charge in [-0.3, -0.25) is 9.58 Å². The molecule has 7 heteroatoms. The van der Waals surface area contributed by atoms with Crippen molar-refractivity contribution in [2.75, 3.05) is 27.0 Å². The number of methoxy groups -OCH3 is 2. The zero-order valence-electron chi connectivity index (χ0n) is 15.2. The second kappa shape index (κ2) is 7.68. The van der Waals surface area contributed by atoms with Crippen LogP contribution in [0.4, 0.5) is 0 Å². The summed E-state index contributed by atoms with van der Waals surface area (Å²) >= 11 is 1.65. The Labute approximate surface area is 152 Å². The first-order chi connectivity index (χ1) is 12.1. The highest BCUT2D eigenvalue weighted by Gasteiger charge is 2.24. The van der Waals surface area contributed by atoms with Crippen molar-refractivity contribution in [2.45, 2.75) is 31.0 Å². The smallest absolute Gasteiger partial charge is 0.132 e.